The summed E-state index contributed by atoms with van der Waals surface area (Å²) in [7, 11) is 0. The van der Waals surface area contributed by atoms with Gasteiger partial charge in [0.05, 0.1) is 5.56 Å². The fourth-order valence-electron chi connectivity index (χ4n) is 1.21. The molecule has 0 unspecified atom stereocenters. The van der Waals surface area contributed by atoms with Gasteiger partial charge in [0.25, 0.3) is 0 Å². The van der Waals surface area contributed by atoms with E-state index in [0.717, 1.165) is 6.08 Å². The minimum absolute atomic E-state index is 0.0885. The van der Waals surface area contributed by atoms with Gasteiger partial charge in [0.15, 0.2) is 11.5 Å². The molecule has 0 amide bonds. The number of fused-ring (bicyclic) bond motifs is 1. The number of aromatic nitrogens is 1. The first kappa shape index (κ1) is 8.43. The Hall–Kier alpha value is -2.17. The summed E-state index contributed by atoms with van der Waals surface area (Å²) in [5, 5.41) is 18.1. The number of hydrogen-bond acceptors (Lipinski definition) is 5. The van der Waals surface area contributed by atoms with Gasteiger partial charge in [0.2, 0.25) is 11.7 Å². The monoisotopic (exact) mass is 191 g/mol. The zero-order valence-corrected chi connectivity index (χ0v) is 6.89. The molecule has 1 aromatic rings. The predicted octanol–water partition coefficient (Wildman–Crippen LogP) is 0.608. The van der Waals surface area contributed by atoms with Gasteiger partial charge in [-0.05, 0) is 6.07 Å². The van der Waals surface area contributed by atoms with E-state index in [2.05, 4.69) is 4.98 Å². The smallest absolute Gasteiger partial charge is 0.246 e. The third-order valence-corrected chi connectivity index (χ3v) is 1.86. The quantitative estimate of drug-likeness (QED) is 0.627. The first-order valence-electron chi connectivity index (χ1n) is 3.79. The second-order valence-corrected chi connectivity index (χ2v) is 2.79. The molecule has 0 aromatic carbocycles. The number of allylic oxidation sites excluding steroid dienone is 2. The van der Waals surface area contributed by atoms with Crippen LogP contribution >= 0.6 is 0 Å². The Morgan fingerprint density at radius 1 is 1.14 bits per heavy atom. The van der Waals surface area contributed by atoms with Crippen LogP contribution in [-0.2, 0) is 0 Å². The standard InChI is InChI=1S/C9H5NO4/c11-5-3-6(12)9(14)8-4(5)1-2-7(13)10-8/h1-3,12H,(H,10,13). The molecule has 0 spiro atoms. The molecule has 0 fully saturated rings. The number of ketones is 2. The molecular formula is C9H5NO4. The Morgan fingerprint density at radius 3 is 2.57 bits per heavy atom. The van der Waals surface area contributed by atoms with E-state index in [9.17, 15) is 9.59 Å². The number of hydrogen-bond donors (Lipinski definition) is 2. The van der Waals surface area contributed by atoms with Crippen molar-refractivity contribution >= 4 is 11.6 Å². The molecule has 1 aromatic heterocycles. The topological polar surface area (TPSA) is 87.5 Å². The summed E-state index contributed by atoms with van der Waals surface area (Å²) < 4.78 is 0. The zero-order valence-electron chi connectivity index (χ0n) is 6.89. The lowest BCUT2D eigenvalue weighted by atomic mass is 9.99. The average molecular weight is 191 g/mol. The molecule has 1 aliphatic rings. The van der Waals surface area contributed by atoms with Crippen molar-refractivity contribution in [1.82, 2.24) is 4.98 Å². The van der Waals surface area contributed by atoms with E-state index >= 15 is 0 Å². The second-order valence-electron chi connectivity index (χ2n) is 2.79. The maximum absolute atomic E-state index is 11.3. The summed E-state index contributed by atoms with van der Waals surface area (Å²) in [5.41, 5.74) is -0.124. The minimum Gasteiger partial charge on any atom is -0.504 e. The first-order valence-corrected chi connectivity index (χ1v) is 3.79. The van der Waals surface area contributed by atoms with Crippen LogP contribution in [0.3, 0.4) is 0 Å². The van der Waals surface area contributed by atoms with Crippen LogP contribution in [-0.4, -0.2) is 26.8 Å². The maximum atomic E-state index is 11.3. The van der Waals surface area contributed by atoms with Gasteiger partial charge in [0, 0.05) is 12.1 Å². The molecule has 2 rings (SSSR count). The number of Topliss-reactive ketones (excluding diaryl/α,β-unsaturated/α-hetero) is 1. The minimum atomic E-state index is -0.754. The number of aliphatic hydroxyl groups is 1. The number of aromatic hydroxyl groups is 1. The molecule has 0 radical (unpaired) electrons. The maximum Gasteiger partial charge on any atom is 0.246 e. The molecular weight excluding hydrogens is 186 g/mol. The molecule has 5 nitrogen and oxygen atoms in total. The summed E-state index contributed by atoms with van der Waals surface area (Å²) in [4.78, 5) is 26.0. The Morgan fingerprint density at radius 2 is 1.86 bits per heavy atom. The average Bonchev–Trinajstić information content (AvgIpc) is 2.14. The lowest BCUT2D eigenvalue weighted by Crippen LogP contribution is -2.18. The number of rotatable bonds is 0. The van der Waals surface area contributed by atoms with Crippen molar-refractivity contribution in [2.24, 2.45) is 0 Å². The van der Waals surface area contributed by atoms with Crippen LogP contribution in [0.15, 0.2) is 24.0 Å². The Balaban J connectivity index is 2.69. The van der Waals surface area contributed by atoms with Crippen molar-refractivity contribution in [2.45, 2.75) is 0 Å². The summed E-state index contributed by atoms with van der Waals surface area (Å²) in [6.07, 6.45) is 0.837. The van der Waals surface area contributed by atoms with Crippen molar-refractivity contribution in [3.63, 3.8) is 0 Å². The van der Waals surface area contributed by atoms with Crippen LogP contribution in [0.5, 0.6) is 5.88 Å². The van der Waals surface area contributed by atoms with E-state index in [1.54, 1.807) is 0 Å². The molecule has 70 valence electrons. The van der Waals surface area contributed by atoms with Crippen molar-refractivity contribution < 1.29 is 19.8 Å². The Labute approximate surface area is 78.3 Å². The molecule has 5 heteroatoms. The van der Waals surface area contributed by atoms with E-state index in [0.29, 0.717) is 0 Å². The fraction of sp³-hybridized carbons (Fsp3) is 0. The molecule has 14 heavy (non-hydrogen) atoms. The number of carbonyl (C=O) groups excluding carboxylic acids is 2. The van der Waals surface area contributed by atoms with Gasteiger partial charge in [-0.3, -0.25) is 9.59 Å². The molecule has 0 saturated heterocycles. The van der Waals surface area contributed by atoms with Crippen LogP contribution in [0.4, 0.5) is 0 Å². The van der Waals surface area contributed by atoms with Crippen molar-refractivity contribution in [3.8, 4) is 5.88 Å². The molecule has 0 atom stereocenters. The molecule has 0 saturated carbocycles. The normalized spacial score (nSPS) is 15.0. The lowest BCUT2D eigenvalue weighted by molar-refractivity contribution is 0.0934. The number of pyridine rings is 1. The summed E-state index contributed by atoms with van der Waals surface area (Å²) in [5.74, 6) is -2.26. The third kappa shape index (κ3) is 1.06. The highest BCUT2D eigenvalue weighted by Crippen LogP contribution is 2.20. The van der Waals surface area contributed by atoms with E-state index in [1.807, 2.05) is 0 Å². The van der Waals surface area contributed by atoms with Crippen LogP contribution in [0, 0.1) is 0 Å². The number of nitrogens with zero attached hydrogens (tertiary/aromatic N) is 1. The van der Waals surface area contributed by atoms with Gasteiger partial charge >= 0.3 is 0 Å². The van der Waals surface area contributed by atoms with Crippen molar-refractivity contribution in [3.05, 3.63) is 35.2 Å². The molecule has 1 heterocycles. The van der Waals surface area contributed by atoms with E-state index in [4.69, 9.17) is 10.2 Å². The van der Waals surface area contributed by atoms with Crippen molar-refractivity contribution in [1.29, 1.82) is 0 Å². The SMILES string of the molecule is O=C1C=C(O)C(=O)c2nc(O)ccc21. The van der Waals surface area contributed by atoms with Gasteiger partial charge in [-0.15, -0.1) is 0 Å². The summed E-state index contributed by atoms with van der Waals surface area (Å²) >= 11 is 0. The number of aliphatic hydroxyl groups excluding tert-OH is 1. The van der Waals surface area contributed by atoms with Crippen molar-refractivity contribution in [2.75, 3.05) is 0 Å². The highest BCUT2D eigenvalue weighted by atomic mass is 16.3. The van der Waals surface area contributed by atoms with Gasteiger partial charge in [-0.1, -0.05) is 0 Å². The molecule has 0 aliphatic heterocycles. The van der Waals surface area contributed by atoms with E-state index in [-0.39, 0.29) is 17.1 Å². The lowest BCUT2D eigenvalue weighted by Gasteiger charge is -2.09. The van der Waals surface area contributed by atoms with Gasteiger partial charge in [-0.25, -0.2) is 4.98 Å². The molecule has 1 aliphatic carbocycles. The Kier molecular flexibility index (Phi) is 1.60. The van der Waals surface area contributed by atoms with E-state index < -0.39 is 17.3 Å². The van der Waals surface area contributed by atoms with Crippen LogP contribution in [0.2, 0.25) is 0 Å². The van der Waals surface area contributed by atoms with Gasteiger partial charge in [0.1, 0.15) is 5.69 Å². The molecule has 2 N–H and O–H groups in total. The van der Waals surface area contributed by atoms with E-state index in [1.165, 1.54) is 12.1 Å². The van der Waals surface area contributed by atoms with Crippen LogP contribution in [0.25, 0.3) is 0 Å². The highest BCUT2D eigenvalue weighted by Gasteiger charge is 2.26. The summed E-state index contributed by atoms with van der Waals surface area (Å²) in [6, 6.07) is 2.50. The zero-order chi connectivity index (χ0) is 10.3. The third-order valence-electron chi connectivity index (χ3n) is 1.86. The second kappa shape index (κ2) is 2.66. The Bertz CT molecular complexity index is 476. The number of carbonyl (C=O) groups is 2. The van der Waals surface area contributed by atoms with Gasteiger partial charge in [-0.2, -0.15) is 0 Å². The van der Waals surface area contributed by atoms with Gasteiger partial charge < -0.3 is 10.2 Å². The predicted molar refractivity (Wildman–Crippen MR) is 45.3 cm³/mol. The highest BCUT2D eigenvalue weighted by molar-refractivity contribution is 6.22. The summed E-state index contributed by atoms with van der Waals surface area (Å²) in [6.45, 7) is 0. The first-order chi connectivity index (χ1) is 6.59. The molecule has 0 bridgehead atoms. The fourth-order valence-corrected chi connectivity index (χ4v) is 1.21. The van der Waals surface area contributed by atoms with Crippen LogP contribution in [0.1, 0.15) is 20.8 Å². The van der Waals surface area contributed by atoms with Crippen LogP contribution < -0.4 is 0 Å². The largest absolute Gasteiger partial charge is 0.504 e.